The molecule has 2 N–H and O–H groups in total. The highest BCUT2D eigenvalue weighted by Gasteiger charge is 2.43. The highest BCUT2D eigenvalue weighted by molar-refractivity contribution is 6.30. The fraction of sp³-hybridized carbons (Fsp3) is 0.600. The van der Waals surface area contributed by atoms with E-state index in [0.29, 0.717) is 23.4 Å². The summed E-state index contributed by atoms with van der Waals surface area (Å²) in [4.78, 5) is 0. The number of alkyl halides is 3. The zero-order chi connectivity index (χ0) is 15.6. The van der Waals surface area contributed by atoms with Gasteiger partial charge in [0.1, 0.15) is 5.82 Å². The molecule has 3 unspecified atom stereocenters. The molecule has 0 spiro atoms. The predicted molar refractivity (Wildman–Crippen MR) is 74.6 cm³/mol. The highest BCUT2D eigenvalue weighted by Crippen LogP contribution is 2.41. The van der Waals surface area contributed by atoms with Crippen molar-refractivity contribution in [2.24, 2.45) is 17.6 Å². The molecule has 0 aromatic heterocycles. The molecular formula is C15H18ClF4N. The lowest BCUT2D eigenvalue weighted by atomic mass is 9.76. The van der Waals surface area contributed by atoms with Gasteiger partial charge in [-0.25, -0.2) is 4.39 Å². The Bertz CT molecular complexity index is 489. The molecule has 1 aromatic rings. The molecule has 0 amide bonds. The zero-order valence-electron chi connectivity index (χ0n) is 11.5. The van der Waals surface area contributed by atoms with Crippen LogP contribution in [0.25, 0.3) is 0 Å². The number of hydrogen-bond donors (Lipinski definition) is 1. The van der Waals surface area contributed by atoms with E-state index in [-0.39, 0.29) is 25.2 Å². The van der Waals surface area contributed by atoms with E-state index in [9.17, 15) is 17.6 Å². The first-order chi connectivity index (χ1) is 9.77. The molecular weight excluding hydrogens is 306 g/mol. The Morgan fingerprint density at radius 1 is 1.29 bits per heavy atom. The minimum absolute atomic E-state index is 0.0346. The van der Waals surface area contributed by atoms with Crippen LogP contribution < -0.4 is 5.73 Å². The van der Waals surface area contributed by atoms with Crippen LogP contribution >= 0.6 is 11.6 Å². The summed E-state index contributed by atoms with van der Waals surface area (Å²) < 4.78 is 52.1. The van der Waals surface area contributed by atoms with Crippen molar-refractivity contribution in [2.75, 3.05) is 0 Å². The fourth-order valence-corrected chi connectivity index (χ4v) is 3.23. The zero-order valence-corrected chi connectivity index (χ0v) is 12.2. The van der Waals surface area contributed by atoms with Gasteiger partial charge in [0.15, 0.2) is 0 Å². The largest absolute Gasteiger partial charge is 0.391 e. The molecule has 0 radical (unpaired) electrons. The van der Waals surface area contributed by atoms with E-state index in [1.165, 1.54) is 18.2 Å². The molecule has 118 valence electrons. The first-order valence-corrected chi connectivity index (χ1v) is 7.41. The molecule has 1 aliphatic rings. The molecule has 1 aliphatic carbocycles. The fourth-order valence-electron chi connectivity index (χ4n) is 3.03. The number of benzene rings is 1. The molecule has 0 bridgehead atoms. The van der Waals surface area contributed by atoms with Crippen LogP contribution in [0.5, 0.6) is 0 Å². The van der Waals surface area contributed by atoms with Gasteiger partial charge in [-0.15, -0.1) is 0 Å². The Kier molecular flexibility index (Phi) is 5.15. The molecule has 1 aromatic carbocycles. The molecule has 2 rings (SSSR count). The van der Waals surface area contributed by atoms with Crippen molar-refractivity contribution in [2.45, 2.75) is 44.3 Å². The van der Waals surface area contributed by atoms with Gasteiger partial charge in [-0.05, 0) is 55.4 Å². The summed E-state index contributed by atoms with van der Waals surface area (Å²) in [6.45, 7) is 0. The summed E-state index contributed by atoms with van der Waals surface area (Å²) in [7, 11) is 0. The second-order valence-corrected chi connectivity index (χ2v) is 6.21. The van der Waals surface area contributed by atoms with Crippen molar-refractivity contribution in [3.8, 4) is 0 Å². The Balaban J connectivity index is 2.02. The van der Waals surface area contributed by atoms with Gasteiger partial charge < -0.3 is 5.73 Å². The minimum Gasteiger partial charge on any atom is -0.327 e. The van der Waals surface area contributed by atoms with Crippen molar-refractivity contribution in [1.29, 1.82) is 0 Å². The van der Waals surface area contributed by atoms with Crippen LogP contribution in [0.2, 0.25) is 5.02 Å². The standard InChI is InChI=1S/C15H18ClF4N/c16-12-4-5-13(17)10(7-12)8-14(21)9-2-1-3-11(6-9)15(18,19)20/h4-5,7,9,11,14H,1-3,6,8,21H2. The summed E-state index contributed by atoms with van der Waals surface area (Å²) >= 11 is 5.81. The molecule has 1 saturated carbocycles. The summed E-state index contributed by atoms with van der Waals surface area (Å²) in [5.41, 5.74) is 6.39. The lowest BCUT2D eigenvalue weighted by molar-refractivity contribution is -0.186. The van der Waals surface area contributed by atoms with E-state index < -0.39 is 24.0 Å². The second-order valence-electron chi connectivity index (χ2n) is 5.77. The van der Waals surface area contributed by atoms with E-state index in [0.717, 1.165) is 0 Å². The Morgan fingerprint density at radius 3 is 2.67 bits per heavy atom. The van der Waals surface area contributed by atoms with E-state index >= 15 is 0 Å². The van der Waals surface area contributed by atoms with E-state index in [2.05, 4.69) is 0 Å². The Labute approximate surface area is 126 Å². The Hall–Kier alpha value is -0.810. The summed E-state index contributed by atoms with van der Waals surface area (Å²) in [6.07, 6.45) is -2.58. The van der Waals surface area contributed by atoms with Crippen LogP contribution in [0.4, 0.5) is 17.6 Å². The third-order valence-electron chi connectivity index (χ3n) is 4.25. The van der Waals surface area contributed by atoms with Crippen molar-refractivity contribution in [3.05, 3.63) is 34.6 Å². The van der Waals surface area contributed by atoms with Gasteiger partial charge >= 0.3 is 6.18 Å². The average Bonchev–Trinajstić information content (AvgIpc) is 2.42. The first-order valence-electron chi connectivity index (χ1n) is 7.03. The van der Waals surface area contributed by atoms with Gasteiger partial charge in [0, 0.05) is 11.1 Å². The number of hydrogen-bond acceptors (Lipinski definition) is 1. The van der Waals surface area contributed by atoms with E-state index in [1.54, 1.807) is 0 Å². The minimum atomic E-state index is -4.17. The van der Waals surface area contributed by atoms with Crippen molar-refractivity contribution in [3.63, 3.8) is 0 Å². The number of rotatable bonds is 3. The Morgan fingerprint density at radius 2 is 2.00 bits per heavy atom. The van der Waals surface area contributed by atoms with E-state index in [4.69, 9.17) is 17.3 Å². The van der Waals surface area contributed by atoms with Crippen LogP contribution in [0.3, 0.4) is 0 Å². The second kappa shape index (κ2) is 6.53. The van der Waals surface area contributed by atoms with Crippen LogP contribution in [0, 0.1) is 17.7 Å². The monoisotopic (exact) mass is 323 g/mol. The molecule has 3 atom stereocenters. The molecule has 1 nitrogen and oxygen atoms in total. The maximum absolute atomic E-state index is 13.7. The van der Waals surface area contributed by atoms with Crippen LogP contribution in [0.1, 0.15) is 31.2 Å². The van der Waals surface area contributed by atoms with Crippen LogP contribution in [-0.2, 0) is 6.42 Å². The smallest absolute Gasteiger partial charge is 0.327 e. The quantitative estimate of drug-likeness (QED) is 0.800. The van der Waals surface area contributed by atoms with Gasteiger partial charge in [-0.3, -0.25) is 0 Å². The van der Waals surface area contributed by atoms with Crippen molar-refractivity contribution >= 4 is 11.6 Å². The van der Waals surface area contributed by atoms with Crippen LogP contribution in [0.15, 0.2) is 18.2 Å². The third kappa shape index (κ3) is 4.33. The topological polar surface area (TPSA) is 26.0 Å². The van der Waals surface area contributed by atoms with Gasteiger partial charge in [-0.1, -0.05) is 18.0 Å². The summed E-state index contributed by atoms with van der Waals surface area (Å²) in [5, 5.41) is 0.399. The van der Waals surface area contributed by atoms with Gasteiger partial charge in [-0.2, -0.15) is 13.2 Å². The summed E-state index contributed by atoms with van der Waals surface area (Å²) in [6, 6.07) is 3.69. The SMILES string of the molecule is NC(Cc1cc(Cl)ccc1F)C1CCCC(C(F)(F)F)C1. The van der Waals surface area contributed by atoms with Gasteiger partial charge in [0.2, 0.25) is 0 Å². The van der Waals surface area contributed by atoms with Crippen molar-refractivity contribution < 1.29 is 17.6 Å². The van der Waals surface area contributed by atoms with Crippen molar-refractivity contribution in [1.82, 2.24) is 0 Å². The lowest BCUT2D eigenvalue weighted by Gasteiger charge is -2.34. The molecule has 0 aliphatic heterocycles. The highest BCUT2D eigenvalue weighted by atomic mass is 35.5. The number of nitrogens with two attached hydrogens (primary N) is 1. The molecule has 0 saturated heterocycles. The molecule has 6 heteroatoms. The summed E-state index contributed by atoms with van der Waals surface area (Å²) in [5.74, 6) is -1.94. The molecule has 0 heterocycles. The van der Waals surface area contributed by atoms with Gasteiger partial charge in [0.05, 0.1) is 5.92 Å². The normalized spacial score (nSPS) is 24.9. The number of halogens is 5. The van der Waals surface area contributed by atoms with Crippen LogP contribution in [-0.4, -0.2) is 12.2 Å². The lowest BCUT2D eigenvalue weighted by Crippen LogP contribution is -2.39. The first kappa shape index (κ1) is 16.6. The molecule has 21 heavy (non-hydrogen) atoms. The third-order valence-corrected chi connectivity index (χ3v) is 4.48. The molecule has 1 fully saturated rings. The maximum Gasteiger partial charge on any atom is 0.391 e. The predicted octanol–water partition coefficient (Wildman–Crippen LogP) is 4.72. The van der Waals surface area contributed by atoms with Gasteiger partial charge in [0.25, 0.3) is 0 Å². The van der Waals surface area contributed by atoms with E-state index in [1.807, 2.05) is 0 Å². The average molecular weight is 324 g/mol. The maximum atomic E-state index is 13.7.